The molecular weight excluding hydrogens is 1130 g/mol. The third kappa shape index (κ3) is 15.0. The number of thioether (sulfide) groups is 1. The van der Waals surface area contributed by atoms with Crippen LogP contribution < -0.4 is 20.3 Å². The monoisotopic (exact) mass is 1190 g/mol. The van der Waals surface area contributed by atoms with E-state index in [9.17, 15) is 44.4 Å². The minimum absolute atomic E-state index is 0.0350. The van der Waals surface area contributed by atoms with E-state index in [1.54, 1.807) is 12.1 Å². The summed E-state index contributed by atoms with van der Waals surface area (Å²) in [5.41, 5.74) is -1.04. The third-order valence-corrected chi connectivity index (χ3v) is 19.6. The van der Waals surface area contributed by atoms with Gasteiger partial charge >= 0.3 is 5.51 Å². The molecule has 24 heteroatoms. The van der Waals surface area contributed by atoms with Crippen LogP contribution in [0.2, 0.25) is 5.02 Å². The van der Waals surface area contributed by atoms with Gasteiger partial charge < -0.3 is 15.1 Å². The van der Waals surface area contributed by atoms with Crippen molar-refractivity contribution in [2.75, 3.05) is 81.4 Å². The molecular formula is C57H64ClF4N9O7S3. The Morgan fingerprint density at radius 3 is 2.16 bits per heavy atom. The molecule has 1 unspecified atom stereocenters. The van der Waals surface area contributed by atoms with Crippen LogP contribution in [0.4, 0.5) is 28.9 Å². The molecule has 2 atom stereocenters. The number of sulfonamides is 1. The highest BCUT2D eigenvalue weighted by atomic mass is 35.5. The van der Waals surface area contributed by atoms with Crippen molar-refractivity contribution >= 4 is 77.9 Å². The van der Waals surface area contributed by atoms with Crippen LogP contribution in [0, 0.1) is 11.2 Å². The molecule has 0 radical (unpaired) electrons. The lowest BCUT2D eigenvalue weighted by molar-refractivity contribution is -0.134. The Labute approximate surface area is 479 Å². The van der Waals surface area contributed by atoms with Crippen LogP contribution in [-0.2, 0) is 36.0 Å². The van der Waals surface area contributed by atoms with E-state index in [1.165, 1.54) is 46.7 Å². The number of hydrogen-bond donors (Lipinski definition) is 3. The summed E-state index contributed by atoms with van der Waals surface area (Å²) in [5.74, 6) is -3.42. The van der Waals surface area contributed by atoms with Crippen LogP contribution in [0.1, 0.15) is 85.6 Å². The van der Waals surface area contributed by atoms with Crippen molar-refractivity contribution < 1.29 is 48.8 Å². The van der Waals surface area contributed by atoms with Gasteiger partial charge in [-0.2, -0.15) is 23.4 Å². The lowest BCUT2D eigenvalue weighted by atomic mass is 9.73. The molecule has 0 saturated carbocycles. The summed E-state index contributed by atoms with van der Waals surface area (Å²) in [6.45, 7) is 11.4. The van der Waals surface area contributed by atoms with E-state index in [2.05, 4.69) is 61.5 Å². The maximum atomic E-state index is 15.2. The maximum Gasteiger partial charge on any atom is 0.501 e. The molecule has 3 fully saturated rings. The molecule has 3 amide bonds. The van der Waals surface area contributed by atoms with Crippen molar-refractivity contribution in [1.29, 1.82) is 0 Å². The predicted molar refractivity (Wildman–Crippen MR) is 303 cm³/mol. The second kappa shape index (κ2) is 25.3. The zero-order chi connectivity index (χ0) is 57.7. The number of amides is 3. The Balaban J connectivity index is 0.829. The summed E-state index contributed by atoms with van der Waals surface area (Å²) in [4.78, 5) is 44.9. The number of piperazine rings is 2. The van der Waals surface area contributed by atoms with E-state index in [-0.39, 0.29) is 41.8 Å². The van der Waals surface area contributed by atoms with Crippen LogP contribution in [0.15, 0.2) is 123 Å². The van der Waals surface area contributed by atoms with Crippen LogP contribution in [0.25, 0.3) is 5.57 Å². The highest BCUT2D eigenvalue weighted by molar-refractivity contribution is 7.99. The number of rotatable bonds is 19. The predicted octanol–water partition coefficient (Wildman–Crippen LogP) is 8.77. The van der Waals surface area contributed by atoms with Crippen molar-refractivity contribution in [1.82, 2.24) is 34.9 Å². The Kier molecular flexibility index (Phi) is 18.6. The van der Waals surface area contributed by atoms with E-state index in [1.807, 2.05) is 52.1 Å². The molecule has 3 saturated heterocycles. The van der Waals surface area contributed by atoms with Gasteiger partial charge in [-0.1, -0.05) is 61.4 Å². The van der Waals surface area contributed by atoms with Gasteiger partial charge in [-0.3, -0.25) is 29.5 Å². The highest BCUT2D eigenvalue weighted by Gasteiger charge is 2.49. The van der Waals surface area contributed by atoms with Crippen LogP contribution in [-0.4, -0.2) is 142 Å². The zero-order valence-corrected chi connectivity index (χ0v) is 48.1. The molecule has 0 bridgehead atoms. The summed E-state index contributed by atoms with van der Waals surface area (Å²) in [5, 5.41) is 14.1. The molecule has 4 aliphatic rings. The molecule has 432 valence electrons. The van der Waals surface area contributed by atoms with Gasteiger partial charge in [-0.25, -0.2) is 25.9 Å². The van der Waals surface area contributed by atoms with Crippen molar-refractivity contribution in [3.8, 4) is 0 Å². The first-order valence-electron chi connectivity index (χ1n) is 26.8. The van der Waals surface area contributed by atoms with Gasteiger partial charge in [-0.15, -0.1) is 11.8 Å². The fraction of sp³-hybridized carbons (Fsp3) is 0.421. The number of anilines is 2. The summed E-state index contributed by atoms with van der Waals surface area (Å²) in [6.07, 6.45) is 3.63. The summed E-state index contributed by atoms with van der Waals surface area (Å²) in [6, 6.07) is 26.5. The quantitative estimate of drug-likeness (QED) is 0.0403. The fourth-order valence-electron chi connectivity index (χ4n) is 10.7. The molecule has 4 heterocycles. The van der Waals surface area contributed by atoms with Gasteiger partial charge in [0, 0.05) is 117 Å². The van der Waals surface area contributed by atoms with Gasteiger partial charge in [0.25, 0.3) is 25.8 Å². The zero-order valence-electron chi connectivity index (χ0n) is 44.9. The molecule has 0 spiro atoms. The third-order valence-electron chi connectivity index (χ3n) is 15.3. The molecule has 1 aliphatic carbocycles. The van der Waals surface area contributed by atoms with E-state index >= 15 is 4.39 Å². The van der Waals surface area contributed by atoms with Crippen molar-refractivity contribution in [2.24, 2.45) is 5.41 Å². The number of nitrogens with one attached hydrogen (secondary N) is 3. The van der Waals surface area contributed by atoms with Gasteiger partial charge in [0.2, 0.25) is 11.8 Å². The molecule has 4 aromatic carbocycles. The largest absolute Gasteiger partial charge is 0.501 e. The maximum absolute atomic E-state index is 15.2. The van der Waals surface area contributed by atoms with Crippen LogP contribution in [0.5, 0.6) is 0 Å². The molecule has 3 aliphatic heterocycles. The van der Waals surface area contributed by atoms with Gasteiger partial charge in [0.1, 0.15) is 16.4 Å². The number of carbonyl (C=O) groups excluding carboxylic acids is 3. The van der Waals surface area contributed by atoms with Crippen molar-refractivity contribution in [3.63, 3.8) is 0 Å². The normalized spacial score (nSPS) is 19.3. The van der Waals surface area contributed by atoms with Gasteiger partial charge in [-0.05, 0) is 115 Å². The van der Waals surface area contributed by atoms with E-state index in [0.717, 1.165) is 61.6 Å². The molecule has 3 N–H and O–H groups in total. The smallest absolute Gasteiger partial charge is 0.380 e. The number of sulfone groups is 1. The van der Waals surface area contributed by atoms with Crippen molar-refractivity contribution in [2.45, 2.75) is 91.1 Å². The van der Waals surface area contributed by atoms with Crippen molar-refractivity contribution in [3.05, 3.63) is 142 Å². The summed E-state index contributed by atoms with van der Waals surface area (Å²) < 4.78 is 115. The fourth-order valence-corrected chi connectivity index (χ4v) is 13.9. The van der Waals surface area contributed by atoms with E-state index < -0.39 is 76.3 Å². The number of imide groups is 1. The first kappa shape index (κ1) is 59.7. The molecule has 81 heavy (non-hydrogen) atoms. The highest BCUT2D eigenvalue weighted by Crippen LogP contribution is 2.43. The van der Waals surface area contributed by atoms with Crippen LogP contribution in [0.3, 0.4) is 0 Å². The van der Waals surface area contributed by atoms with Crippen LogP contribution >= 0.6 is 23.4 Å². The topological polar surface area (TPSA) is 194 Å². The van der Waals surface area contributed by atoms with Gasteiger partial charge in [0.05, 0.1) is 22.2 Å². The number of alkyl halides is 3. The Hall–Kier alpha value is -5.95. The number of allylic oxidation sites excluding steroid dienone is 1. The first-order chi connectivity index (χ1) is 38.5. The number of nitrogens with zero attached hydrogens (tertiary/aromatic N) is 6. The Morgan fingerprint density at radius 2 is 1.49 bits per heavy atom. The second-order valence-corrected chi connectivity index (χ2v) is 26.8. The number of piperidine rings is 1. The Bertz CT molecular complexity index is 3360. The number of aromatic nitrogens is 2. The van der Waals surface area contributed by atoms with E-state index in [0.29, 0.717) is 69.0 Å². The minimum atomic E-state index is -6.15. The second-order valence-electron chi connectivity index (χ2n) is 21.7. The minimum Gasteiger partial charge on any atom is -0.380 e. The SMILES string of the molecule is CC1(C)CCC(c2ccc(Cl)cc2)=C(CN2CCN(c3ccc(C(=O)NS(=O)(=O)c4ccc(N[C@H](CCN5CCN(Cc6cc(F)c(C7CCC(=O)NC7=O)nn6)CC5)CSc5ccccc5)c(S(=O)(=O)C(F)(F)F)c4)cc3)CC2)C1. The average molecular weight is 1190 g/mol. The molecule has 5 aromatic rings. The summed E-state index contributed by atoms with van der Waals surface area (Å²) in [7, 11) is -11.1. The Morgan fingerprint density at radius 1 is 0.827 bits per heavy atom. The first-order valence-corrected chi connectivity index (χ1v) is 31.1. The molecule has 16 nitrogen and oxygen atoms in total. The summed E-state index contributed by atoms with van der Waals surface area (Å²) >= 11 is 7.60. The number of hydrogen-bond acceptors (Lipinski definition) is 15. The number of benzene rings is 4. The lowest BCUT2D eigenvalue weighted by Crippen LogP contribution is -2.47. The molecule has 9 rings (SSSR count). The number of carbonyl (C=O) groups is 3. The average Bonchev–Trinajstić information content (AvgIpc) is 3.62. The van der Waals surface area contributed by atoms with Gasteiger partial charge in [0.15, 0.2) is 0 Å². The van der Waals surface area contributed by atoms with E-state index in [4.69, 9.17) is 11.6 Å². The molecule has 1 aromatic heterocycles. The number of halogens is 5. The lowest BCUT2D eigenvalue weighted by Gasteiger charge is -2.39. The standard InChI is InChI=1S/C57H64ClF4N9O7S3/c1-56(2)22-20-47(38-8-12-41(58)13-9-38)40(34-56)35-69-28-30-71(31-29-69)44-14-10-39(11-15-44)54(73)67-81(77,78)46-16-18-50(51(33-46)80(75,76)57(60,61)62)63-42(37-79-45-6-4-3-5-7-45)21-23-68-24-26-70(27-25-68)36-43-32-49(59)53(66-65-43)48-17-19-52(72)64-55(48)74/h3-16,18,32-33,42,48,63H,17,19-31,34-37H2,1-2H3,(H,67,73)(H,64,72,74)/t42-,48?/m1/s1.